The average Bonchev–Trinajstić information content (AvgIpc) is 2.80. The van der Waals surface area contributed by atoms with Gasteiger partial charge in [0.1, 0.15) is 0 Å². The molecule has 18 heavy (non-hydrogen) atoms. The molecule has 2 rings (SSSR count). The second kappa shape index (κ2) is 5.02. The quantitative estimate of drug-likeness (QED) is 0.842. The van der Waals surface area contributed by atoms with Gasteiger partial charge in [-0.15, -0.1) is 0 Å². The van der Waals surface area contributed by atoms with Crippen LogP contribution in [0, 0.1) is 6.92 Å². The maximum atomic E-state index is 10.5. The Labute approximate surface area is 110 Å². The Kier molecular flexibility index (Phi) is 3.79. The summed E-state index contributed by atoms with van der Waals surface area (Å²) in [5, 5.41) is 13.9. The SMILES string of the molecule is Cc1ccc(C(C)(C)C)cc1C(O)C1CCCN1. The van der Waals surface area contributed by atoms with Crippen molar-refractivity contribution >= 4 is 0 Å². The van der Waals surface area contributed by atoms with Gasteiger partial charge in [-0.2, -0.15) is 0 Å². The summed E-state index contributed by atoms with van der Waals surface area (Å²) in [6.45, 7) is 9.74. The molecule has 0 radical (unpaired) electrons. The van der Waals surface area contributed by atoms with Crippen molar-refractivity contribution in [3.8, 4) is 0 Å². The van der Waals surface area contributed by atoms with Gasteiger partial charge in [-0.05, 0) is 48.4 Å². The third kappa shape index (κ3) is 2.76. The number of rotatable bonds is 2. The Hall–Kier alpha value is -0.860. The van der Waals surface area contributed by atoms with E-state index in [-0.39, 0.29) is 17.6 Å². The monoisotopic (exact) mass is 247 g/mol. The van der Waals surface area contributed by atoms with Crippen molar-refractivity contribution in [1.29, 1.82) is 0 Å². The zero-order chi connectivity index (χ0) is 13.3. The summed E-state index contributed by atoms with van der Waals surface area (Å²) in [5.41, 5.74) is 3.69. The molecule has 1 heterocycles. The summed E-state index contributed by atoms with van der Waals surface area (Å²) in [6.07, 6.45) is 1.86. The van der Waals surface area contributed by atoms with Gasteiger partial charge in [-0.3, -0.25) is 0 Å². The maximum Gasteiger partial charge on any atom is 0.0945 e. The molecule has 0 bridgehead atoms. The van der Waals surface area contributed by atoms with E-state index in [0.29, 0.717) is 0 Å². The topological polar surface area (TPSA) is 32.3 Å². The molecule has 1 aliphatic heterocycles. The lowest BCUT2D eigenvalue weighted by molar-refractivity contribution is 0.136. The van der Waals surface area contributed by atoms with Gasteiger partial charge in [0.05, 0.1) is 6.10 Å². The predicted molar refractivity (Wildman–Crippen MR) is 75.9 cm³/mol. The lowest BCUT2D eigenvalue weighted by Gasteiger charge is -2.25. The van der Waals surface area contributed by atoms with Crippen LogP contribution in [-0.4, -0.2) is 17.7 Å². The summed E-state index contributed by atoms with van der Waals surface area (Å²) in [5.74, 6) is 0. The van der Waals surface area contributed by atoms with E-state index in [4.69, 9.17) is 0 Å². The van der Waals surface area contributed by atoms with E-state index in [2.05, 4.69) is 51.2 Å². The van der Waals surface area contributed by atoms with E-state index in [1.165, 1.54) is 17.5 Å². The highest BCUT2D eigenvalue weighted by Crippen LogP contribution is 2.30. The minimum absolute atomic E-state index is 0.130. The summed E-state index contributed by atoms with van der Waals surface area (Å²) >= 11 is 0. The van der Waals surface area contributed by atoms with Crippen LogP contribution < -0.4 is 5.32 Å². The molecule has 2 N–H and O–H groups in total. The van der Waals surface area contributed by atoms with E-state index >= 15 is 0 Å². The minimum Gasteiger partial charge on any atom is -0.387 e. The number of benzene rings is 1. The molecule has 1 saturated heterocycles. The summed E-state index contributed by atoms with van der Waals surface area (Å²) < 4.78 is 0. The number of aliphatic hydroxyl groups is 1. The number of hydrogen-bond acceptors (Lipinski definition) is 2. The van der Waals surface area contributed by atoms with Crippen molar-refractivity contribution < 1.29 is 5.11 Å². The van der Waals surface area contributed by atoms with Gasteiger partial charge in [0.15, 0.2) is 0 Å². The van der Waals surface area contributed by atoms with Gasteiger partial charge >= 0.3 is 0 Å². The largest absolute Gasteiger partial charge is 0.387 e. The number of aliphatic hydroxyl groups excluding tert-OH is 1. The Balaban J connectivity index is 2.31. The van der Waals surface area contributed by atoms with E-state index in [1.54, 1.807) is 0 Å². The molecule has 0 amide bonds. The molecule has 2 heteroatoms. The van der Waals surface area contributed by atoms with Gasteiger partial charge < -0.3 is 10.4 Å². The van der Waals surface area contributed by atoms with Crippen LogP contribution in [0.2, 0.25) is 0 Å². The smallest absolute Gasteiger partial charge is 0.0945 e. The zero-order valence-electron chi connectivity index (χ0n) is 12.0. The molecule has 0 aliphatic carbocycles. The van der Waals surface area contributed by atoms with E-state index in [9.17, 15) is 5.11 Å². The Morgan fingerprint density at radius 3 is 2.61 bits per heavy atom. The molecule has 1 aromatic rings. The molecule has 0 spiro atoms. The lowest BCUT2D eigenvalue weighted by Crippen LogP contribution is -2.29. The van der Waals surface area contributed by atoms with Crippen molar-refractivity contribution in [3.63, 3.8) is 0 Å². The van der Waals surface area contributed by atoms with Gasteiger partial charge in [0.25, 0.3) is 0 Å². The summed E-state index contributed by atoms with van der Waals surface area (Å²) in [6, 6.07) is 6.71. The first-order valence-corrected chi connectivity index (χ1v) is 6.92. The summed E-state index contributed by atoms with van der Waals surface area (Å²) in [4.78, 5) is 0. The standard InChI is InChI=1S/C16H25NO/c1-11-7-8-12(16(2,3)4)10-13(11)15(18)14-6-5-9-17-14/h7-8,10,14-15,17-18H,5-6,9H2,1-4H3. The van der Waals surface area contributed by atoms with Gasteiger partial charge in [-0.25, -0.2) is 0 Å². The highest BCUT2D eigenvalue weighted by Gasteiger charge is 2.26. The fourth-order valence-corrected chi connectivity index (χ4v) is 2.62. The first kappa shape index (κ1) is 13.6. The Bertz CT molecular complexity index is 414. The van der Waals surface area contributed by atoms with Crippen LogP contribution in [0.15, 0.2) is 18.2 Å². The van der Waals surface area contributed by atoms with Crippen LogP contribution in [0.25, 0.3) is 0 Å². The van der Waals surface area contributed by atoms with Crippen LogP contribution in [0.5, 0.6) is 0 Å². The zero-order valence-corrected chi connectivity index (χ0v) is 12.0. The average molecular weight is 247 g/mol. The predicted octanol–water partition coefficient (Wildman–Crippen LogP) is 3.08. The molecular weight excluding hydrogens is 222 g/mol. The fourth-order valence-electron chi connectivity index (χ4n) is 2.62. The van der Waals surface area contributed by atoms with Crippen LogP contribution in [0.1, 0.15) is 56.4 Å². The first-order chi connectivity index (χ1) is 8.39. The maximum absolute atomic E-state index is 10.5. The van der Waals surface area contributed by atoms with Gasteiger partial charge in [-0.1, -0.05) is 39.0 Å². The molecule has 0 aromatic heterocycles. The molecule has 0 saturated carbocycles. The van der Waals surface area contributed by atoms with Crippen molar-refractivity contribution in [2.75, 3.05) is 6.54 Å². The Morgan fingerprint density at radius 1 is 1.33 bits per heavy atom. The number of nitrogens with one attached hydrogen (secondary N) is 1. The van der Waals surface area contributed by atoms with Gasteiger partial charge in [0, 0.05) is 6.04 Å². The molecule has 2 atom stereocenters. The summed E-state index contributed by atoms with van der Waals surface area (Å²) in [7, 11) is 0. The molecule has 100 valence electrons. The Morgan fingerprint density at radius 2 is 2.06 bits per heavy atom. The number of hydrogen-bond donors (Lipinski definition) is 2. The van der Waals surface area contributed by atoms with Crippen molar-refractivity contribution in [1.82, 2.24) is 5.32 Å². The van der Waals surface area contributed by atoms with Crippen LogP contribution in [0.4, 0.5) is 0 Å². The molecule has 2 nitrogen and oxygen atoms in total. The van der Waals surface area contributed by atoms with Gasteiger partial charge in [0.2, 0.25) is 0 Å². The van der Waals surface area contributed by atoms with Crippen LogP contribution in [-0.2, 0) is 5.41 Å². The molecule has 1 fully saturated rings. The molecular formula is C16H25NO. The third-order valence-corrected chi connectivity index (χ3v) is 3.94. The highest BCUT2D eigenvalue weighted by molar-refractivity contribution is 5.36. The lowest BCUT2D eigenvalue weighted by atomic mass is 9.84. The van der Waals surface area contributed by atoms with E-state index < -0.39 is 0 Å². The fraction of sp³-hybridized carbons (Fsp3) is 0.625. The molecule has 2 unspecified atom stereocenters. The van der Waals surface area contributed by atoms with Crippen LogP contribution >= 0.6 is 0 Å². The van der Waals surface area contributed by atoms with E-state index in [0.717, 1.165) is 18.5 Å². The second-order valence-electron chi connectivity index (χ2n) is 6.47. The normalized spacial score (nSPS) is 22.2. The highest BCUT2D eigenvalue weighted by atomic mass is 16.3. The van der Waals surface area contributed by atoms with Crippen molar-refractivity contribution in [3.05, 3.63) is 34.9 Å². The van der Waals surface area contributed by atoms with E-state index in [1.807, 2.05) is 0 Å². The minimum atomic E-state index is -0.380. The molecule has 1 aromatic carbocycles. The van der Waals surface area contributed by atoms with Crippen molar-refractivity contribution in [2.24, 2.45) is 0 Å². The second-order valence-corrected chi connectivity index (χ2v) is 6.47. The van der Waals surface area contributed by atoms with Crippen molar-refractivity contribution in [2.45, 2.75) is 58.1 Å². The number of aryl methyl sites for hydroxylation is 1. The molecule has 1 aliphatic rings. The first-order valence-electron chi connectivity index (χ1n) is 6.92. The third-order valence-electron chi connectivity index (χ3n) is 3.94. The van der Waals surface area contributed by atoms with Crippen LogP contribution in [0.3, 0.4) is 0 Å².